The average molecular weight is 396 g/mol. The largest absolute Gasteiger partial charge is 0.260 e. The molecular formula is C17H21N3O4S2. The van der Waals surface area contributed by atoms with E-state index >= 15 is 0 Å². The summed E-state index contributed by atoms with van der Waals surface area (Å²) >= 11 is 0. The van der Waals surface area contributed by atoms with Crippen molar-refractivity contribution in [2.45, 2.75) is 35.2 Å². The maximum Gasteiger partial charge on any atom is 0.243 e. The molecule has 1 aromatic heterocycles. The molecule has 0 atom stereocenters. The van der Waals surface area contributed by atoms with Gasteiger partial charge in [0.2, 0.25) is 20.0 Å². The van der Waals surface area contributed by atoms with Crippen LogP contribution in [0, 0.1) is 0 Å². The number of hydrogen-bond acceptors (Lipinski definition) is 5. The average Bonchev–Trinajstić information content (AvgIpc) is 3.45. The number of aromatic nitrogens is 1. The van der Waals surface area contributed by atoms with Gasteiger partial charge >= 0.3 is 0 Å². The third-order valence-corrected chi connectivity index (χ3v) is 7.95. The number of nitrogens with zero attached hydrogens (tertiary/aromatic N) is 3. The molecular weight excluding hydrogens is 374 g/mol. The van der Waals surface area contributed by atoms with Gasteiger partial charge in [0, 0.05) is 26.3 Å². The lowest BCUT2D eigenvalue weighted by atomic mass is 10.3. The van der Waals surface area contributed by atoms with Crippen molar-refractivity contribution in [1.29, 1.82) is 0 Å². The summed E-state index contributed by atoms with van der Waals surface area (Å²) in [6, 6.07) is 10.7. The van der Waals surface area contributed by atoms with Gasteiger partial charge in [0.25, 0.3) is 0 Å². The van der Waals surface area contributed by atoms with Crippen LogP contribution in [0.5, 0.6) is 0 Å². The Morgan fingerprint density at radius 2 is 1.50 bits per heavy atom. The smallest absolute Gasteiger partial charge is 0.243 e. The van der Waals surface area contributed by atoms with E-state index in [1.165, 1.54) is 42.7 Å². The standard InChI is InChI=1S/C17H21N3O4S2/c1-19(2)25(21,22)16-8-10-17(11-9-16)26(23,24)20(15-6-7-15)13-14-5-3-4-12-18-14/h3-5,8-12,15H,6-7,13H2,1-2H3. The molecule has 1 aromatic carbocycles. The van der Waals surface area contributed by atoms with E-state index in [0.717, 1.165) is 17.1 Å². The molecule has 0 spiro atoms. The predicted octanol–water partition coefficient (Wildman–Crippen LogP) is 1.69. The Kier molecular flexibility index (Phi) is 5.16. The van der Waals surface area contributed by atoms with Gasteiger partial charge in [0.05, 0.1) is 22.0 Å². The molecule has 1 heterocycles. The zero-order chi connectivity index (χ0) is 18.9. The van der Waals surface area contributed by atoms with Gasteiger partial charge in [-0.05, 0) is 49.2 Å². The molecule has 140 valence electrons. The number of sulfonamides is 2. The second-order valence-corrected chi connectivity index (χ2v) is 10.4. The molecule has 9 heteroatoms. The van der Waals surface area contributed by atoms with Gasteiger partial charge in [-0.3, -0.25) is 4.98 Å². The monoisotopic (exact) mass is 395 g/mol. The number of hydrogen-bond donors (Lipinski definition) is 0. The quantitative estimate of drug-likeness (QED) is 0.712. The second kappa shape index (κ2) is 7.07. The van der Waals surface area contributed by atoms with E-state index in [9.17, 15) is 16.8 Å². The van der Waals surface area contributed by atoms with E-state index in [1.807, 2.05) is 6.07 Å². The molecule has 26 heavy (non-hydrogen) atoms. The van der Waals surface area contributed by atoms with Gasteiger partial charge in [-0.1, -0.05) is 6.07 Å². The van der Waals surface area contributed by atoms with Gasteiger partial charge in [-0.2, -0.15) is 4.31 Å². The first-order valence-electron chi connectivity index (χ1n) is 8.17. The molecule has 3 rings (SSSR count). The van der Waals surface area contributed by atoms with E-state index < -0.39 is 20.0 Å². The lowest BCUT2D eigenvalue weighted by molar-refractivity contribution is 0.394. The maximum absolute atomic E-state index is 13.1. The molecule has 0 radical (unpaired) electrons. The summed E-state index contributed by atoms with van der Waals surface area (Å²) in [5, 5.41) is 0. The van der Waals surface area contributed by atoms with Crippen molar-refractivity contribution in [3.63, 3.8) is 0 Å². The summed E-state index contributed by atoms with van der Waals surface area (Å²) in [7, 11) is -4.47. The highest BCUT2D eigenvalue weighted by Crippen LogP contribution is 2.33. The van der Waals surface area contributed by atoms with E-state index in [1.54, 1.807) is 18.3 Å². The predicted molar refractivity (Wildman–Crippen MR) is 97.3 cm³/mol. The fraction of sp³-hybridized carbons (Fsp3) is 0.353. The van der Waals surface area contributed by atoms with Gasteiger partial charge in [-0.25, -0.2) is 21.1 Å². The Bertz CT molecular complexity index is 968. The Morgan fingerprint density at radius 3 is 1.96 bits per heavy atom. The Hall–Kier alpha value is -1.81. The van der Waals surface area contributed by atoms with E-state index in [2.05, 4.69) is 4.98 Å². The zero-order valence-electron chi connectivity index (χ0n) is 14.6. The number of rotatable bonds is 7. The van der Waals surface area contributed by atoms with E-state index in [4.69, 9.17) is 0 Å². The Balaban J connectivity index is 1.91. The van der Waals surface area contributed by atoms with Crippen LogP contribution in [0.2, 0.25) is 0 Å². The fourth-order valence-electron chi connectivity index (χ4n) is 2.55. The second-order valence-electron chi connectivity index (χ2n) is 6.36. The molecule has 1 fully saturated rings. The van der Waals surface area contributed by atoms with Crippen LogP contribution in [0.3, 0.4) is 0 Å². The van der Waals surface area contributed by atoms with Gasteiger partial charge < -0.3 is 0 Å². The summed E-state index contributed by atoms with van der Waals surface area (Å²) in [5.74, 6) is 0. The van der Waals surface area contributed by atoms with Crippen LogP contribution >= 0.6 is 0 Å². The van der Waals surface area contributed by atoms with Gasteiger partial charge in [0.1, 0.15) is 0 Å². The van der Waals surface area contributed by atoms with Crippen LogP contribution in [0.15, 0.2) is 58.5 Å². The number of pyridine rings is 1. The van der Waals surface area contributed by atoms with Gasteiger partial charge in [-0.15, -0.1) is 0 Å². The first-order valence-corrected chi connectivity index (χ1v) is 11.1. The molecule has 0 bridgehead atoms. The molecule has 0 amide bonds. The van der Waals surface area contributed by atoms with Gasteiger partial charge in [0.15, 0.2) is 0 Å². The minimum atomic E-state index is -3.73. The van der Waals surface area contributed by atoms with Crippen LogP contribution in [0.4, 0.5) is 0 Å². The Morgan fingerprint density at radius 1 is 0.923 bits per heavy atom. The highest BCUT2D eigenvalue weighted by Gasteiger charge is 2.38. The first kappa shape index (κ1) is 19.0. The Labute approximate surface area is 154 Å². The van der Waals surface area contributed by atoms with Crippen LogP contribution in [-0.4, -0.2) is 50.6 Å². The highest BCUT2D eigenvalue weighted by molar-refractivity contribution is 7.89. The lowest BCUT2D eigenvalue weighted by Crippen LogP contribution is -2.33. The normalized spacial score (nSPS) is 15.5. The summed E-state index contributed by atoms with van der Waals surface area (Å²) in [6.45, 7) is 0.200. The molecule has 0 unspecified atom stereocenters. The lowest BCUT2D eigenvalue weighted by Gasteiger charge is -2.22. The summed E-state index contributed by atoms with van der Waals surface area (Å²) in [4.78, 5) is 4.35. The molecule has 0 saturated heterocycles. The summed E-state index contributed by atoms with van der Waals surface area (Å²) < 4.78 is 52.9. The molecule has 0 aliphatic heterocycles. The summed E-state index contributed by atoms with van der Waals surface area (Å²) in [6.07, 6.45) is 3.27. The van der Waals surface area contributed by atoms with Crippen molar-refractivity contribution in [2.24, 2.45) is 0 Å². The van der Waals surface area contributed by atoms with Crippen molar-refractivity contribution < 1.29 is 16.8 Å². The van der Waals surface area contributed by atoms with Crippen LogP contribution in [0.25, 0.3) is 0 Å². The molecule has 0 N–H and O–H groups in total. The van der Waals surface area contributed by atoms with E-state index in [-0.39, 0.29) is 22.4 Å². The fourth-order valence-corrected chi connectivity index (χ4v) is 5.11. The van der Waals surface area contributed by atoms with Crippen molar-refractivity contribution in [2.75, 3.05) is 14.1 Å². The topological polar surface area (TPSA) is 87.7 Å². The SMILES string of the molecule is CN(C)S(=O)(=O)c1ccc(S(=O)(=O)N(Cc2ccccn2)C2CC2)cc1. The summed E-state index contributed by atoms with van der Waals surface area (Å²) in [5.41, 5.74) is 0.676. The minimum Gasteiger partial charge on any atom is -0.260 e. The third kappa shape index (κ3) is 3.80. The molecule has 1 aliphatic carbocycles. The molecule has 1 saturated carbocycles. The minimum absolute atomic E-state index is 0.0350. The maximum atomic E-state index is 13.1. The van der Waals surface area contributed by atoms with Crippen molar-refractivity contribution >= 4 is 20.0 Å². The van der Waals surface area contributed by atoms with Crippen LogP contribution < -0.4 is 0 Å². The molecule has 1 aliphatic rings. The molecule has 2 aromatic rings. The van der Waals surface area contributed by atoms with Crippen molar-refractivity contribution in [3.8, 4) is 0 Å². The number of benzene rings is 1. The molecule has 7 nitrogen and oxygen atoms in total. The highest BCUT2D eigenvalue weighted by atomic mass is 32.2. The van der Waals surface area contributed by atoms with Crippen molar-refractivity contribution in [1.82, 2.24) is 13.6 Å². The zero-order valence-corrected chi connectivity index (χ0v) is 16.2. The van der Waals surface area contributed by atoms with Crippen LogP contribution in [-0.2, 0) is 26.6 Å². The van der Waals surface area contributed by atoms with Crippen molar-refractivity contribution in [3.05, 3.63) is 54.4 Å². The third-order valence-electron chi connectivity index (χ3n) is 4.21. The first-order chi connectivity index (χ1) is 12.2. The van der Waals surface area contributed by atoms with Crippen LogP contribution in [0.1, 0.15) is 18.5 Å². The van der Waals surface area contributed by atoms with E-state index in [0.29, 0.717) is 5.69 Å².